The molecule has 1 N–H and O–H groups in total. The summed E-state index contributed by atoms with van der Waals surface area (Å²) in [4.78, 5) is 22.2. The summed E-state index contributed by atoms with van der Waals surface area (Å²) in [5.41, 5.74) is 2.50. The number of nitrogens with one attached hydrogen (secondary N) is 1. The number of nitro benzene ring substituents is 1. The van der Waals surface area contributed by atoms with Gasteiger partial charge < -0.3 is 4.74 Å². The lowest BCUT2D eigenvalue weighted by Gasteiger charge is -2.09. The zero-order chi connectivity index (χ0) is 20.1. The van der Waals surface area contributed by atoms with E-state index in [0.29, 0.717) is 11.3 Å². The van der Waals surface area contributed by atoms with E-state index >= 15 is 0 Å². The summed E-state index contributed by atoms with van der Waals surface area (Å²) in [6, 6.07) is 15.7. The Balaban J connectivity index is 1.59. The van der Waals surface area contributed by atoms with Gasteiger partial charge in [0.1, 0.15) is 10.8 Å². The van der Waals surface area contributed by atoms with Crippen LogP contribution < -0.4 is 10.2 Å². The Morgan fingerprint density at radius 2 is 2.04 bits per heavy atom. The quantitative estimate of drug-likeness (QED) is 0.326. The van der Waals surface area contributed by atoms with Crippen molar-refractivity contribution in [3.05, 3.63) is 79.8 Å². The minimum atomic E-state index is -0.590. The van der Waals surface area contributed by atoms with Crippen LogP contribution in [0.3, 0.4) is 0 Å². The van der Waals surface area contributed by atoms with Gasteiger partial charge in [-0.15, -0.1) is 0 Å². The molecule has 0 saturated carbocycles. The molecular formula is C19H13BrClN3O4. The van der Waals surface area contributed by atoms with Gasteiger partial charge in [0.05, 0.1) is 15.6 Å². The third-order valence-corrected chi connectivity index (χ3v) is 4.89. The highest BCUT2D eigenvalue weighted by Crippen LogP contribution is 2.33. The molecule has 0 bridgehead atoms. The molecule has 142 valence electrons. The van der Waals surface area contributed by atoms with Gasteiger partial charge in [-0.1, -0.05) is 48.0 Å². The van der Waals surface area contributed by atoms with Gasteiger partial charge in [0.2, 0.25) is 0 Å². The highest BCUT2D eigenvalue weighted by atomic mass is 79.9. The molecule has 0 spiro atoms. The molecular weight excluding hydrogens is 450 g/mol. The Kier molecular flexibility index (Phi) is 6.23. The lowest BCUT2D eigenvalue weighted by molar-refractivity contribution is -0.384. The van der Waals surface area contributed by atoms with E-state index in [1.165, 1.54) is 18.3 Å². The molecule has 0 atom stereocenters. The number of carbonyl (C=O) groups is 1. The smallest absolute Gasteiger partial charge is 0.288 e. The molecule has 0 aliphatic carbocycles. The summed E-state index contributed by atoms with van der Waals surface area (Å²) in [6.45, 7) is -0.241. The Morgan fingerprint density at radius 3 is 2.82 bits per heavy atom. The number of hydrazone groups is 1. The first-order valence-electron chi connectivity index (χ1n) is 8.01. The zero-order valence-electron chi connectivity index (χ0n) is 14.3. The second-order valence-corrected chi connectivity index (χ2v) is 6.85. The molecule has 0 heterocycles. The lowest BCUT2D eigenvalue weighted by atomic mass is 10.1. The fraction of sp³-hybridized carbons (Fsp3) is 0.0526. The topological polar surface area (TPSA) is 93.8 Å². The van der Waals surface area contributed by atoms with Gasteiger partial charge in [0.15, 0.2) is 6.61 Å². The predicted molar refractivity (Wildman–Crippen MR) is 111 cm³/mol. The molecule has 3 rings (SSSR count). The third-order valence-electron chi connectivity index (χ3n) is 3.76. The summed E-state index contributed by atoms with van der Waals surface area (Å²) in [7, 11) is 0. The molecule has 0 fully saturated rings. The van der Waals surface area contributed by atoms with E-state index in [4.69, 9.17) is 16.3 Å². The first-order valence-corrected chi connectivity index (χ1v) is 9.18. The Labute approximate surface area is 173 Å². The van der Waals surface area contributed by atoms with Crippen LogP contribution in [0.15, 0.2) is 64.2 Å². The number of nitro groups is 1. The van der Waals surface area contributed by atoms with Crippen molar-refractivity contribution in [2.75, 3.05) is 6.61 Å². The van der Waals surface area contributed by atoms with Crippen LogP contribution in [0.4, 0.5) is 5.69 Å². The summed E-state index contributed by atoms with van der Waals surface area (Å²) in [5.74, 6) is 0.0610. The van der Waals surface area contributed by atoms with Gasteiger partial charge in [-0.2, -0.15) is 5.10 Å². The summed E-state index contributed by atoms with van der Waals surface area (Å²) in [5, 5.41) is 16.7. The maximum Gasteiger partial charge on any atom is 0.288 e. The number of hydrogen-bond donors (Lipinski definition) is 1. The van der Waals surface area contributed by atoms with Crippen molar-refractivity contribution in [3.8, 4) is 5.75 Å². The number of rotatable bonds is 6. The van der Waals surface area contributed by atoms with Gasteiger partial charge in [0.25, 0.3) is 11.6 Å². The second kappa shape index (κ2) is 8.81. The van der Waals surface area contributed by atoms with Crippen molar-refractivity contribution >= 4 is 56.1 Å². The number of hydrogen-bond acceptors (Lipinski definition) is 5. The fourth-order valence-corrected chi connectivity index (χ4v) is 3.22. The van der Waals surface area contributed by atoms with Crippen LogP contribution in [0, 0.1) is 10.1 Å². The molecule has 0 radical (unpaired) electrons. The zero-order valence-corrected chi connectivity index (χ0v) is 16.6. The number of halogens is 2. The molecule has 3 aromatic carbocycles. The highest BCUT2D eigenvalue weighted by Gasteiger charge is 2.12. The predicted octanol–water partition coefficient (Wildman–Crippen LogP) is 4.69. The summed E-state index contributed by atoms with van der Waals surface area (Å²) >= 11 is 9.24. The molecule has 7 nitrogen and oxygen atoms in total. The van der Waals surface area contributed by atoms with Crippen LogP contribution in [0.5, 0.6) is 5.75 Å². The second-order valence-electron chi connectivity index (χ2n) is 5.65. The van der Waals surface area contributed by atoms with E-state index in [0.717, 1.165) is 15.2 Å². The number of benzene rings is 3. The fourth-order valence-electron chi connectivity index (χ4n) is 2.43. The highest BCUT2D eigenvalue weighted by molar-refractivity contribution is 9.10. The molecule has 1 amide bonds. The first-order chi connectivity index (χ1) is 13.5. The molecule has 0 aliphatic rings. The van der Waals surface area contributed by atoms with E-state index in [-0.39, 0.29) is 17.3 Å². The van der Waals surface area contributed by atoms with Crippen LogP contribution in [0.1, 0.15) is 5.56 Å². The van der Waals surface area contributed by atoms with Gasteiger partial charge in [-0.3, -0.25) is 14.9 Å². The van der Waals surface area contributed by atoms with E-state index in [1.54, 1.807) is 12.1 Å². The maximum absolute atomic E-state index is 11.9. The summed E-state index contributed by atoms with van der Waals surface area (Å²) in [6.07, 6.45) is 1.28. The van der Waals surface area contributed by atoms with Crippen LogP contribution in [-0.2, 0) is 4.79 Å². The van der Waals surface area contributed by atoms with Crippen LogP contribution in [-0.4, -0.2) is 23.7 Å². The van der Waals surface area contributed by atoms with Crippen molar-refractivity contribution in [3.63, 3.8) is 0 Å². The molecule has 0 aromatic heterocycles. The summed E-state index contributed by atoms with van der Waals surface area (Å²) < 4.78 is 6.30. The largest absolute Gasteiger partial charge is 0.483 e. The number of carbonyl (C=O) groups excluding carboxylic acids is 1. The minimum absolute atomic E-state index is 0.0283. The maximum atomic E-state index is 11.9. The molecule has 28 heavy (non-hydrogen) atoms. The van der Waals surface area contributed by atoms with E-state index in [9.17, 15) is 14.9 Å². The minimum Gasteiger partial charge on any atom is -0.483 e. The van der Waals surface area contributed by atoms with Crippen molar-refractivity contribution in [2.45, 2.75) is 0 Å². The standard InChI is InChI=1S/C19H13BrClN3O4/c20-19-14-4-2-1-3-13(14)6-8-17(19)28-11-18(25)23-22-10-12-5-7-15(21)16(9-12)24(26)27/h1-10H,11H2,(H,23,25). The number of amides is 1. The van der Waals surface area contributed by atoms with Gasteiger partial charge in [-0.05, 0) is 38.8 Å². The van der Waals surface area contributed by atoms with Crippen LogP contribution in [0.25, 0.3) is 10.8 Å². The lowest BCUT2D eigenvalue weighted by Crippen LogP contribution is -2.24. The molecule has 0 unspecified atom stereocenters. The van der Waals surface area contributed by atoms with Crippen molar-refractivity contribution in [1.82, 2.24) is 5.43 Å². The number of ether oxygens (including phenoxy) is 1. The number of nitrogens with zero attached hydrogens (tertiary/aromatic N) is 2. The molecule has 9 heteroatoms. The van der Waals surface area contributed by atoms with Gasteiger partial charge >= 0.3 is 0 Å². The van der Waals surface area contributed by atoms with Gasteiger partial charge in [-0.25, -0.2) is 5.43 Å². The average molecular weight is 463 g/mol. The van der Waals surface area contributed by atoms with Crippen molar-refractivity contribution in [2.24, 2.45) is 5.10 Å². The Hall–Kier alpha value is -2.97. The molecule has 0 aliphatic heterocycles. The van der Waals surface area contributed by atoms with Gasteiger partial charge in [0, 0.05) is 11.6 Å². The SMILES string of the molecule is O=C(COc1ccc2ccccc2c1Br)NN=Cc1ccc(Cl)c([N+](=O)[O-])c1. The first kappa shape index (κ1) is 19.8. The van der Waals surface area contributed by atoms with Crippen molar-refractivity contribution < 1.29 is 14.5 Å². The Bertz CT molecular complexity index is 1090. The van der Waals surface area contributed by atoms with Crippen molar-refractivity contribution in [1.29, 1.82) is 0 Å². The Morgan fingerprint density at radius 1 is 1.25 bits per heavy atom. The van der Waals surface area contributed by atoms with E-state index in [1.807, 2.05) is 30.3 Å². The van der Waals surface area contributed by atoms with E-state index in [2.05, 4.69) is 26.5 Å². The third kappa shape index (κ3) is 4.65. The number of fused-ring (bicyclic) bond motifs is 1. The van der Waals surface area contributed by atoms with Crippen LogP contribution >= 0.6 is 27.5 Å². The monoisotopic (exact) mass is 461 g/mol. The average Bonchev–Trinajstić information content (AvgIpc) is 2.69. The molecule has 0 saturated heterocycles. The normalized spacial score (nSPS) is 10.9. The van der Waals surface area contributed by atoms with Crippen LogP contribution in [0.2, 0.25) is 5.02 Å². The van der Waals surface area contributed by atoms with E-state index < -0.39 is 10.8 Å². The molecule has 3 aromatic rings.